The molecule has 7 nitrogen and oxygen atoms in total. The quantitative estimate of drug-likeness (QED) is 0.249. The number of benzene rings is 1. The molecule has 38 heavy (non-hydrogen) atoms. The maximum atomic E-state index is 11.9. The van der Waals surface area contributed by atoms with Crippen LogP contribution in [-0.4, -0.2) is 46.0 Å². The van der Waals surface area contributed by atoms with Crippen molar-refractivity contribution in [2.24, 2.45) is 5.92 Å². The van der Waals surface area contributed by atoms with E-state index in [-0.39, 0.29) is 29.2 Å². The van der Waals surface area contributed by atoms with Crippen molar-refractivity contribution in [1.29, 1.82) is 0 Å². The number of fused-ring (bicyclic) bond motifs is 2. The lowest BCUT2D eigenvalue weighted by Gasteiger charge is -2.36. The standard InChI is InChI=1S/C28H37Cl2N3O4Si/c1-27(2,3)38(6,7)35-14-16-12-17(29)8-9-18(16)22(34)20-13-21(24-23(20)36-28(4,5)37-24)33-11-10-19-25(30)31-15-32-26(19)33/h8-12,15,20-24,34H,13-14H2,1-7H3/t20-,21-,22?,23-,24+/m1/s1. The van der Waals surface area contributed by atoms with Crippen LogP contribution in [0.25, 0.3) is 11.0 Å². The lowest BCUT2D eigenvalue weighted by Crippen LogP contribution is -2.40. The van der Waals surface area contributed by atoms with E-state index in [1.807, 2.05) is 44.3 Å². The summed E-state index contributed by atoms with van der Waals surface area (Å²) in [5.41, 5.74) is 2.46. The van der Waals surface area contributed by atoms with Gasteiger partial charge >= 0.3 is 0 Å². The Hall–Kier alpha value is -1.52. The summed E-state index contributed by atoms with van der Waals surface area (Å²) in [5.74, 6) is -0.982. The van der Waals surface area contributed by atoms with Gasteiger partial charge in [0.15, 0.2) is 14.1 Å². The van der Waals surface area contributed by atoms with Crippen LogP contribution in [0.5, 0.6) is 0 Å². The third kappa shape index (κ3) is 5.05. The van der Waals surface area contributed by atoms with Crippen molar-refractivity contribution < 1.29 is 19.0 Å². The van der Waals surface area contributed by atoms with E-state index in [0.29, 0.717) is 23.2 Å². The fourth-order valence-electron chi connectivity index (χ4n) is 5.47. The molecule has 0 spiro atoms. The van der Waals surface area contributed by atoms with Gasteiger partial charge in [-0.05, 0) is 67.7 Å². The number of hydrogen-bond acceptors (Lipinski definition) is 6. The average Bonchev–Trinajstić information content (AvgIpc) is 3.48. The minimum Gasteiger partial charge on any atom is -0.413 e. The average molecular weight is 579 g/mol. The molecule has 10 heteroatoms. The zero-order valence-corrected chi connectivity index (χ0v) is 25.5. The van der Waals surface area contributed by atoms with Gasteiger partial charge in [0.05, 0.1) is 30.2 Å². The molecule has 0 amide bonds. The molecule has 206 valence electrons. The second-order valence-electron chi connectivity index (χ2n) is 12.5. The number of aliphatic hydroxyl groups excluding tert-OH is 1. The molecule has 1 saturated heterocycles. The highest BCUT2D eigenvalue weighted by Crippen LogP contribution is 2.52. The van der Waals surface area contributed by atoms with E-state index in [0.717, 1.165) is 22.2 Å². The van der Waals surface area contributed by atoms with Gasteiger partial charge in [0.1, 0.15) is 23.2 Å². The molecule has 2 aromatic heterocycles. The first-order valence-electron chi connectivity index (χ1n) is 13.1. The maximum absolute atomic E-state index is 11.9. The van der Waals surface area contributed by atoms with Gasteiger partial charge in [0.2, 0.25) is 0 Å². The zero-order valence-electron chi connectivity index (χ0n) is 23.0. The first-order valence-corrected chi connectivity index (χ1v) is 16.8. The molecular weight excluding hydrogens is 541 g/mol. The van der Waals surface area contributed by atoms with Crippen molar-refractivity contribution >= 4 is 42.6 Å². The Morgan fingerprint density at radius 1 is 1.16 bits per heavy atom. The van der Waals surface area contributed by atoms with Gasteiger partial charge in [-0.15, -0.1) is 0 Å². The highest BCUT2D eigenvalue weighted by atomic mass is 35.5. The molecular formula is C28H37Cl2N3O4Si. The van der Waals surface area contributed by atoms with E-state index in [9.17, 15) is 5.11 Å². The predicted octanol–water partition coefficient (Wildman–Crippen LogP) is 7.07. The van der Waals surface area contributed by atoms with E-state index in [1.165, 1.54) is 6.33 Å². The summed E-state index contributed by atoms with van der Waals surface area (Å²) in [4.78, 5) is 8.61. The van der Waals surface area contributed by atoms with Crippen LogP contribution in [0.4, 0.5) is 0 Å². The minimum absolute atomic E-state index is 0.0723. The van der Waals surface area contributed by atoms with Crippen LogP contribution in [0.2, 0.25) is 28.3 Å². The number of aliphatic hydroxyl groups is 1. The molecule has 1 saturated carbocycles. The lowest BCUT2D eigenvalue weighted by molar-refractivity contribution is -0.165. The Labute approximate surface area is 235 Å². The molecule has 1 aromatic carbocycles. The van der Waals surface area contributed by atoms with Gasteiger partial charge in [0, 0.05) is 17.1 Å². The van der Waals surface area contributed by atoms with Crippen LogP contribution in [0.3, 0.4) is 0 Å². The van der Waals surface area contributed by atoms with Crippen LogP contribution in [-0.2, 0) is 20.5 Å². The summed E-state index contributed by atoms with van der Waals surface area (Å²) in [6, 6.07) is 7.48. The SMILES string of the molecule is CC1(C)O[C@@H]2[C@H](O1)[C@@H](C(O)c1ccc(Cl)cc1CO[Si](C)(C)C(C)(C)C)C[C@H]2n1ccc2c(Cl)ncnc21. The lowest BCUT2D eigenvalue weighted by atomic mass is 9.89. The Bertz CT molecular complexity index is 1340. The second-order valence-corrected chi connectivity index (χ2v) is 18.1. The fraction of sp³-hybridized carbons (Fsp3) is 0.571. The summed E-state index contributed by atoms with van der Waals surface area (Å²) in [7, 11) is -2.01. The predicted molar refractivity (Wildman–Crippen MR) is 152 cm³/mol. The van der Waals surface area contributed by atoms with Gasteiger partial charge in [-0.1, -0.05) is 50.0 Å². The van der Waals surface area contributed by atoms with E-state index >= 15 is 0 Å². The van der Waals surface area contributed by atoms with Crippen molar-refractivity contribution in [3.05, 3.63) is 58.1 Å². The maximum Gasteiger partial charge on any atom is 0.192 e. The highest BCUT2D eigenvalue weighted by Gasteiger charge is 2.56. The first kappa shape index (κ1) is 28.0. The van der Waals surface area contributed by atoms with Crippen LogP contribution in [0, 0.1) is 5.92 Å². The third-order valence-corrected chi connectivity index (χ3v) is 13.5. The number of halogens is 2. The Morgan fingerprint density at radius 3 is 2.58 bits per heavy atom. The van der Waals surface area contributed by atoms with Crippen LogP contribution in [0.15, 0.2) is 36.8 Å². The monoisotopic (exact) mass is 577 g/mol. The van der Waals surface area contributed by atoms with E-state index in [2.05, 4.69) is 48.4 Å². The Morgan fingerprint density at radius 2 is 1.87 bits per heavy atom. The smallest absolute Gasteiger partial charge is 0.192 e. The van der Waals surface area contributed by atoms with Crippen molar-refractivity contribution in [2.75, 3.05) is 0 Å². The van der Waals surface area contributed by atoms with E-state index < -0.39 is 20.2 Å². The van der Waals surface area contributed by atoms with Crippen LogP contribution in [0.1, 0.15) is 64.3 Å². The third-order valence-electron chi connectivity index (χ3n) is 8.52. The number of hydrogen-bond donors (Lipinski definition) is 1. The molecule has 1 aliphatic heterocycles. The van der Waals surface area contributed by atoms with Gasteiger partial charge in [-0.3, -0.25) is 0 Å². The molecule has 3 aromatic rings. The van der Waals surface area contributed by atoms with Crippen molar-refractivity contribution in [1.82, 2.24) is 14.5 Å². The zero-order chi connectivity index (χ0) is 27.6. The van der Waals surface area contributed by atoms with E-state index in [4.69, 9.17) is 37.1 Å². The normalized spacial score (nSPS) is 26.2. The number of aromatic nitrogens is 3. The summed E-state index contributed by atoms with van der Waals surface area (Å²) >= 11 is 12.7. The highest BCUT2D eigenvalue weighted by molar-refractivity contribution is 6.74. The summed E-state index contributed by atoms with van der Waals surface area (Å²) in [6.07, 6.45) is 2.73. The first-order chi connectivity index (χ1) is 17.7. The van der Waals surface area contributed by atoms with Crippen molar-refractivity contribution in [2.45, 2.75) is 95.9 Å². The Kier molecular flexibility index (Phi) is 7.25. The largest absolute Gasteiger partial charge is 0.413 e. The summed E-state index contributed by atoms with van der Waals surface area (Å²) in [6.45, 7) is 15.3. The molecule has 1 N–H and O–H groups in total. The summed E-state index contributed by atoms with van der Waals surface area (Å²) in [5, 5.41) is 13.8. The van der Waals surface area contributed by atoms with Crippen molar-refractivity contribution in [3.8, 4) is 0 Å². The molecule has 1 aliphatic carbocycles. The number of ether oxygens (including phenoxy) is 2. The molecule has 5 atom stereocenters. The fourth-order valence-corrected chi connectivity index (χ4v) is 6.81. The molecule has 2 fully saturated rings. The molecule has 0 bridgehead atoms. The van der Waals surface area contributed by atoms with Gasteiger partial charge in [-0.25, -0.2) is 9.97 Å². The van der Waals surface area contributed by atoms with Crippen LogP contribution >= 0.6 is 23.2 Å². The molecule has 5 rings (SSSR count). The topological polar surface area (TPSA) is 78.6 Å². The number of rotatable bonds is 6. The molecule has 2 aliphatic rings. The number of nitrogens with zero attached hydrogens (tertiary/aromatic N) is 3. The molecule has 0 radical (unpaired) electrons. The van der Waals surface area contributed by atoms with Gasteiger partial charge in [-0.2, -0.15) is 0 Å². The molecule has 1 unspecified atom stereocenters. The Balaban J connectivity index is 1.48. The minimum atomic E-state index is -2.01. The van der Waals surface area contributed by atoms with Crippen LogP contribution < -0.4 is 0 Å². The van der Waals surface area contributed by atoms with E-state index in [1.54, 1.807) is 0 Å². The van der Waals surface area contributed by atoms with Gasteiger partial charge < -0.3 is 23.6 Å². The second kappa shape index (κ2) is 9.84. The van der Waals surface area contributed by atoms with Gasteiger partial charge in [0.25, 0.3) is 0 Å². The van der Waals surface area contributed by atoms with Crippen molar-refractivity contribution in [3.63, 3.8) is 0 Å². The summed E-state index contributed by atoms with van der Waals surface area (Å²) < 4.78 is 21.4. The molecule has 3 heterocycles.